The zero-order valence-electron chi connectivity index (χ0n) is 11.2. The highest BCUT2D eigenvalue weighted by Gasteiger charge is 2.22. The molecule has 0 spiro atoms. The van der Waals surface area contributed by atoms with E-state index < -0.39 is 28.3 Å². The lowest BCUT2D eigenvalue weighted by Gasteiger charge is -2.13. The number of rotatable bonds is 4. The summed E-state index contributed by atoms with van der Waals surface area (Å²) in [5, 5.41) is 23.2. The molecule has 2 rings (SSSR count). The van der Waals surface area contributed by atoms with E-state index in [2.05, 4.69) is 10.3 Å². The molecule has 2 aromatic rings. The third-order valence-electron chi connectivity index (χ3n) is 2.94. The number of pyridine rings is 1. The van der Waals surface area contributed by atoms with Crippen LogP contribution in [-0.2, 0) is 0 Å². The van der Waals surface area contributed by atoms with Gasteiger partial charge in [-0.3, -0.25) is 19.9 Å². The molecule has 0 bridgehead atoms. The van der Waals surface area contributed by atoms with E-state index in [1.54, 1.807) is 31.3 Å². The number of nitro groups is 1. The smallest absolute Gasteiger partial charge is 0.311 e. The quantitative estimate of drug-likeness (QED) is 0.662. The first kappa shape index (κ1) is 14.4. The van der Waals surface area contributed by atoms with Crippen LogP contribution in [-0.4, -0.2) is 20.9 Å². The number of aromatic hydroxyl groups is 1. The highest BCUT2D eigenvalue weighted by molar-refractivity contribution is 5.98. The number of carbonyl (C=O) groups is 1. The number of phenols is 1. The van der Waals surface area contributed by atoms with Crippen molar-refractivity contribution < 1.29 is 14.8 Å². The Hall–Kier alpha value is -2.96. The number of para-hydroxylation sites is 1. The number of nitrogens with zero attached hydrogens (tertiary/aromatic N) is 2. The van der Waals surface area contributed by atoms with Crippen molar-refractivity contribution in [3.63, 3.8) is 0 Å². The van der Waals surface area contributed by atoms with E-state index in [1.807, 2.05) is 0 Å². The van der Waals surface area contributed by atoms with E-state index in [4.69, 9.17) is 0 Å². The fourth-order valence-corrected chi connectivity index (χ4v) is 1.84. The van der Waals surface area contributed by atoms with Crippen molar-refractivity contribution in [3.8, 4) is 5.75 Å². The Morgan fingerprint density at radius 2 is 2.10 bits per heavy atom. The van der Waals surface area contributed by atoms with Crippen molar-refractivity contribution in [1.82, 2.24) is 10.3 Å². The molecule has 1 atom stereocenters. The predicted molar refractivity (Wildman–Crippen MR) is 74.9 cm³/mol. The molecule has 1 aromatic carbocycles. The van der Waals surface area contributed by atoms with Crippen LogP contribution in [0.4, 0.5) is 5.69 Å². The molecular weight excluding hydrogens is 274 g/mol. The molecule has 0 aliphatic rings. The Kier molecular flexibility index (Phi) is 4.13. The van der Waals surface area contributed by atoms with Gasteiger partial charge in [-0.1, -0.05) is 12.1 Å². The summed E-state index contributed by atoms with van der Waals surface area (Å²) >= 11 is 0. The first-order valence-corrected chi connectivity index (χ1v) is 6.19. The number of nitrogens with one attached hydrogen (secondary N) is 1. The van der Waals surface area contributed by atoms with Crippen molar-refractivity contribution in [2.24, 2.45) is 0 Å². The lowest BCUT2D eigenvalue weighted by molar-refractivity contribution is -0.385. The molecule has 108 valence electrons. The van der Waals surface area contributed by atoms with E-state index in [0.717, 1.165) is 6.07 Å². The molecule has 0 radical (unpaired) electrons. The van der Waals surface area contributed by atoms with Gasteiger partial charge >= 0.3 is 5.69 Å². The molecule has 7 nitrogen and oxygen atoms in total. The van der Waals surface area contributed by atoms with Gasteiger partial charge in [-0.25, -0.2) is 0 Å². The van der Waals surface area contributed by atoms with Crippen molar-refractivity contribution in [3.05, 3.63) is 64.0 Å². The number of carbonyl (C=O) groups excluding carboxylic acids is 1. The summed E-state index contributed by atoms with van der Waals surface area (Å²) in [4.78, 5) is 26.2. The van der Waals surface area contributed by atoms with Gasteiger partial charge in [0, 0.05) is 12.3 Å². The Balaban J connectivity index is 2.22. The van der Waals surface area contributed by atoms with Crippen LogP contribution in [0.2, 0.25) is 0 Å². The number of benzene rings is 1. The molecule has 0 aliphatic heterocycles. The number of aromatic nitrogens is 1. The van der Waals surface area contributed by atoms with Crippen molar-refractivity contribution in [1.29, 1.82) is 0 Å². The Bertz CT molecular complexity index is 673. The molecule has 0 fully saturated rings. The predicted octanol–water partition coefficient (Wildman–Crippen LogP) is 2.19. The summed E-state index contributed by atoms with van der Waals surface area (Å²) < 4.78 is 0. The van der Waals surface area contributed by atoms with Crippen molar-refractivity contribution in [2.75, 3.05) is 0 Å². The fraction of sp³-hybridized carbons (Fsp3) is 0.143. The van der Waals surface area contributed by atoms with E-state index in [9.17, 15) is 20.0 Å². The van der Waals surface area contributed by atoms with E-state index in [0.29, 0.717) is 5.69 Å². The van der Waals surface area contributed by atoms with Gasteiger partial charge in [-0.15, -0.1) is 0 Å². The van der Waals surface area contributed by atoms with Gasteiger partial charge in [0.15, 0.2) is 0 Å². The van der Waals surface area contributed by atoms with Gasteiger partial charge in [-0.05, 0) is 25.1 Å². The normalized spacial score (nSPS) is 11.7. The molecule has 0 saturated carbocycles. The highest BCUT2D eigenvalue weighted by atomic mass is 16.6. The molecule has 7 heteroatoms. The summed E-state index contributed by atoms with van der Waals surface area (Å²) in [6.45, 7) is 1.73. The molecule has 0 saturated heterocycles. The Labute approximate surface area is 120 Å². The summed E-state index contributed by atoms with van der Waals surface area (Å²) in [5.41, 5.74) is -0.00380. The van der Waals surface area contributed by atoms with Crippen molar-refractivity contribution >= 4 is 11.6 Å². The third-order valence-corrected chi connectivity index (χ3v) is 2.94. The second-order valence-electron chi connectivity index (χ2n) is 4.38. The van der Waals surface area contributed by atoms with Crippen LogP contribution in [0, 0.1) is 10.1 Å². The first-order chi connectivity index (χ1) is 10.0. The maximum Gasteiger partial charge on any atom is 0.311 e. The molecule has 21 heavy (non-hydrogen) atoms. The van der Waals surface area contributed by atoms with Crippen molar-refractivity contribution in [2.45, 2.75) is 13.0 Å². The van der Waals surface area contributed by atoms with Crippen LogP contribution >= 0.6 is 0 Å². The first-order valence-electron chi connectivity index (χ1n) is 6.19. The SMILES string of the molecule is CC(NC(=O)c1cccc([N+](=O)[O-])c1O)c1ccccn1. The van der Waals surface area contributed by atoms with Gasteiger partial charge in [0.2, 0.25) is 5.75 Å². The zero-order valence-corrected chi connectivity index (χ0v) is 11.2. The number of hydrogen-bond acceptors (Lipinski definition) is 5. The lowest BCUT2D eigenvalue weighted by Crippen LogP contribution is -2.27. The largest absolute Gasteiger partial charge is 0.502 e. The average Bonchev–Trinajstić information content (AvgIpc) is 2.47. The molecule has 1 amide bonds. The lowest BCUT2D eigenvalue weighted by atomic mass is 10.1. The molecule has 2 N–H and O–H groups in total. The maximum atomic E-state index is 12.1. The fourth-order valence-electron chi connectivity index (χ4n) is 1.84. The van der Waals surface area contributed by atoms with Gasteiger partial charge in [0.1, 0.15) is 0 Å². The molecule has 1 unspecified atom stereocenters. The Morgan fingerprint density at radius 3 is 2.71 bits per heavy atom. The van der Waals surface area contributed by atoms with E-state index in [-0.39, 0.29) is 5.56 Å². The molecule has 1 aromatic heterocycles. The van der Waals surface area contributed by atoms with Crippen LogP contribution in [0.1, 0.15) is 29.0 Å². The van der Waals surface area contributed by atoms with Crippen LogP contribution < -0.4 is 5.32 Å². The monoisotopic (exact) mass is 287 g/mol. The van der Waals surface area contributed by atoms with Crippen LogP contribution in [0.3, 0.4) is 0 Å². The van der Waals surface area contributed by atoms with Gasteiger partial charge < -0.3 is 10.4 Å². The average molecular weight is 287 g/mol. The second-order valence-corrected chi connectivity index (χ2v) is 4.38. The minimum atomic E-state index is -0.742. The second kappa shape index (κ2) is 6.00. The topological polar surface area (TPSA) is 105 Å². The zero-order chi connectivity index (χ0) is 15.4. The molecular formula is C14H13N3O4. The van der Waals surface area contributed by atoms with E-state index >= 15 is 0 Å². The van der Waals surface area contributed by atoms with Crippen LogP contribution in [0.15, 0.2) is 42.6 Å². The maximum absolute atomic E-state index is 12.1. The molecule has 1 heterocycles. The van der Waals surface area contributed by atoms with Gasteiger partial charge in [0.05, 0.1) is 22.2 Å². The summed E-state index contributed by atoms with van der Waals surface area (Å²) in [5.74, 6) is -1.25. The minimum absolute atomic E-state index is 0.146. The summed E-state index contributed by atoms with van der Waals surface area (Å²) in [7, 11) is 0. The minimum Gasteiger partial charge on any atom is -0.502 e. The number of hydrogen-bond donors (Lipinski definition) is 2. The van der Waals surface area contributed by atoms with Crippen LogP contribution in [0.25, 0.3) is 0 Å². The molecule has 0 aliphatic carbocycles. The van der Waals surface area contributed by atoms with Crippen LogP contribution in [0.5, 0.6) is 5.75 Å². The summed E-state index contributed by atoms with van der Waals surface area (Å²) in [6, 6.07) is 8.70. The standard InChI is InChI=1S/C14H13N3O4/c1-9(11-6-2-3-8-15-11)16-14(19)10-5-4-7-12(13(10)18)17(20)21/h2-9,18H,1H3,(H,16,19). The number of phenolic OH excluding ortho intramolecular Hbond substituents is 1. The third kappa shape index (κ3) is 3.14. The summed E-state index contributed by atoms with van der Waals surface area (Å²) in [6.07, 6.45) is 1.60. The Morgan fingerprint density at radius 1 is 1.33 bits per heavy atom. The van der Waals surface area contributed by atoms with E-state index in [1.165, 1.54) is 12.1 Å². The number of nitro benzene ring substituents is 1. The highest BCUT2D eigenvalue weighted by Crippen LogP contribution is 2.29. The van der Waals surface area contributed by atoms with Gasteiger partial charge in [0.25, 0.3) is 5.91 Å². The number of amides is 1. The van der Waals surface area contributed by atoms with Gasteiger partial charge in [-0.2, -0.15) is 0 Å².